The highest BCUT2D eigenvalue weighted by Crippen LogP contribution is 2.27. The number of hydrogen-bond acceptors (Lipinski definition) is 3. The van der Waals surface area contributed by atoms with Gasteiger partial charge in [0.25, 0.3) is 0 Å². The van der Waals surface area contributed by atoms with Crippen LogP contribution in [0.5, 0.6) is 0 Å². The fraction of sp³-hybridized carbons (Fsp3) is 0.526. The number of unbranched alkanes of at least 4 members (excludes halogenated alkanes) is 1. The highest BCUT2D eigenvalue weighted by atomic mass is 16.2. The normalized spacial score (nSPS) is 14.0. The Balaban J connectivity index is 1.88. The van der Waals surface area contributed by atoms with Crippen molar-refractivity contribution in [1.82, 2.24) is 5.43 Å². The Morgan fingerprint density at radius 3 is 2.75 bits per heavy atom. The average molecular weight is 329 g/mol. The maximum Gasteiger partial charge on any atom is 0.240 e. The number of hydrogen-bond donors (Lipinski definition) is 2. The summed E-state index contributed by atoms with van der Waals surface area (Å²) in [5.41, 5.74) is 6.62. The van der Waals surface area contributed by atoms with Crippen molar-refractivity contribution in [2.45, 2.75) is 65.2 Å². The fourth-order valence-electron chi connectivity index (χ4n) is 2.92. The van der Waals surface area contributed by atoms with Crippen LogP contribution in [0.25, 0.3) is 0 Å². The third kappa shape index (κ3) is 5.48. The Bertz CT molecular complexity index is 623. The Morgan fingerprint density at radius 2 is 1.96 bits per heavy atom. The van der Waals surface area contributed by atoms with E-state index in [0.29, 0.717) is 12.1 Å². The third-order valence-electron chi connectivity index (χ3n) is 4.22. The standard InChI is InChI=1S/C19H27N3O2/c1-3-4-12-18(23)22-21-14(2)13-19(24)20-17-11-7-9-15-8-5-6-10-16(15)17/h7,9,11H,3-6,8,10,12-13H2,1-2H3,(H,20,24)(H,22,23)/b21-14-. The molecule has 0 heterocycles. The van der Waals surface area contributed by atoms with Gasteiger partial charge in [0.1, 0.15) is 0 Å². The predicted octanol–water partition coefficient (Wildman–Crippen LogP) is 3.58. The molecule has 1 aromatic rings. The molecule has 2 N–H and O–H groups in total. The van der Waals surface area contributed by atoms with Gasteiger partial charge in [0.05, 0.1) is 6.42 Å². The molecule has 0 saturated heterocycles. The molecule has 5 heteroatoms. The number of carbonyl (C=O) groups excluding carboxylic acids is 2. The SMILES string of the molecule is CCCCC(=O)N/N=C(/C)CC(=O)Nc1cccc2c1CCCC2. The zero-order chi connectivity index (χ0) is 17.4. The first-order valence-corrected chi connectivity index (χ1v) is 8.82. The van der Waals surface area contributed by atoms with Crippen molar-refractivity contribution in [2.75, 3.05) is 5.32 Å². The molecular formula is C19H27N3O2. The summed E-state index contributed by atoms with van der Waals surface area (Å²) >= 11 is 0. The van der Waals surface area contributed by atoms with Gasteiger partial charge in [-0.05, 0) is 56.2 Å². The lowest BCUT2D eigenvalue weighted by Crippen LogP contribution is -2.21. The van der Waals surface area contributed by atoms with Crippen LogP contribution in [0.2, 0.25) is 0 Å². The number of benzene rings is 1. The monoisotopic (exact) mass is 329 g/mol. The van der Waals surface area contributed by atoms with Gasteiger partial charge in [-0.3, -0.25) is 9.59 Å². The zero-order valence-corrected chi connectivity index (χ0v) is 14.7. The van der Waals surface area contributed by atoms with Crippen molar-refractivity contribution < 1.29 is 9.59 Å². The van der Waals surface area contributed by atoms with Gasteiger partial charge < -0.3 is 5.32 Å². The molecule has 0 fully saturated rings. The van der Waals surface area contributed by atoms with Gasteiger partial charge in [-0.15, -0.1) is 0 Å². The maximum atomic E-state index is 12.2. The highest BCUT2D eigenvalue weighted by Gasteiger charge is 2.14. The van der Waals surface area contributed by atoms with Crippen molar-refractivity contribution in [2.24, 2.45) is 5.10 Å². The molecule has 130 valence electrons. The molecule has 0 unspecified atom stereocenters. The van der Waals surface area contributed by atoms with E-state index in [0.717, 1.165) is 31.4 Å². The van der Waals surface area contributed by atoms with Crippen LogP contribution in [0, 0.1) is 0 Å². The van der Waals surface area contributed by atoms with Gasteiger partial charge >= 0.3 is 0 Å². The number of nitrogens with one attached hydrogen (secondary N) is 2. The van der Waals surface area contributed by atoms with Crippen LogP contribution in [0.3, 0.4) is 0 Å². The average Bonchev–Trinajstić information content (AvgIpc) is 2.58. The molecule has 1 aromatic carbocycles. The first-order chi connectivity index (χ1) is 11.6. The van der Waals surface area contributed by atoms with Gasteiger partial charge in [0.2, 0.25) is 11.8 Å². The molecule has 0 aromatic heterocycles. The van der Waals surface area contributed by atoms with Crippen molar-refractivity contribution in [3.05, 3.63) is 29.3 Å². The van der Waals surface area contributed by atoms with Gasteiger partial charge in [-0.2, -0.15) is 5.10 Å². The molecule has 0 aliphatic heterocycles. The van der Waals surface area contributed by atoms with Crippen molar-refractivity contribution in [3.63, 3.8) is 0 Å². The van der Waals surface area contributed by atoms with Crippen LogP contribution >= 0.6 is 0 Å². The molecule has 2 rings (SSSR count). The minimum Gasteiger partial charge on any atom is -0.325 e. The maximum absolute atomic E-state index is 12.2. The molecule has 5 nitrogen and oxygen atoms in total. The summed E-state index contributed by atoms with van der Waals surface area (Å²) in [5.74, 6) is -0.202. The number of anilines is 1. The van der Waals surface area contributed by atoms with Crippen LogP contribution in [-0.2, 0) is 22.4 Å². The molecule has 0 saturated carbocycles. The van der Waals surface area contributed by atoms with Crippen LogP contribution in [0.1, 0.15) is 63.5 Å². The van der Waals surface area contributed by atoms with E-state index < -0.39 is 0 Å². The zero-order valence-electron chi connectivity index (χ0n) is 14.7. The topological polar surface area (TPSA) is 70.6 Å². The largest absolute Gasteiger partial charge is 0.325 e. The van der Waals surface area contributed by atoms with E-state index in [1.165, 1.54) is 24.0 Å². The summed E-state index contributed by atoms with van der Waals surface area (Å²) in [7, 11) is 0. The Hall–Kier alpha value is -2.17. The number of carbonyl (C=O) groups is 2. The van der Waals surface area contributed by atoms with Crippen molar-refractivity contribution in [1.29, 1.82) is 0 Å². The van der Waals surface area contributed by atoms with Gasteiger partial charge in [0.15, 0.2) is 0 Å². The Labute approximate surface area is 143 Å². The summed E-state index contributed by atoms with van der Waals surface area (Å²) in [6.45, 7) is 3.79. The van der Waals surface area contributed by atoms with E-state index >= 15 is 0 Å². The van der Waals surface area contributed by atoms with Crippen LogP contribution in [0.15, 0.2) is 23.3 Å². The molecule has 0 spiro atoms. The molecule has 0 atom stereocenters. The smallest absolute Gasteiger partial charge is 0.240 e. The van der Waals surface area contributed by atoms with E-state index in [2.05, 4.69) is 21.9 Å². The van der Waals surface area contributed by atoms with Crippen LogP contribution in [0.4, 0.5) is 5.69 Å². The summed E-state index contributed by atoms with van der Waals surface area (Å²) < 4.78 is 0. The van der Waals surface area contributed by atoms with Gasteiger partial charge in [0, 0.05) is 17.8 Å². The first kappa shape index (κ1) is 18.2. The van der Waals surface area contributed by atoms with E-state index in [9.17, 15) is 9.59 Å². The number of hydrazone groups is 1. The number of fused-ring (bicyclic) bond motifs is 1. The lowest BCUT2D eigenvalue weighted by molar-refractivity contribution is -0.121. The quantitative estimate of drug-likeness (QED) is 0.593. The lowest BCUT2D eigenvalue weighted by Gasteiger charge is -2.19. The van der Waals surface area contributed by atoms with E-state index in [1.54, 1.807) is 6.92 Å². The molecular weight excluding hydrogens is 302 g/mol. The summed E-state index contributed by atoms with van der Waals surface area (Å²) in [6, 6.07) is 6.10. The number of aryl methyl sites for hydroxylation is 1. The minimum atomic E-state index is -0.103. The Morgan fingerprint density at radius 1 is 1.17 bits per heavy atom. The van der Waals surface area contributed by atoms with Crippen LogP contribution in [-0.4, -0.2) is 17.5 Å². The number of amides is 2. The van der Waals surface area contributed by atoms with Gasteiger partial charge in [-0.1, -0.05) is 25.5 Å². The third-order valence-corrected chi connectivity index (χ3v) is 4.22. The predicted molar refractivity (Wildman–Crippen MR) is 97.1 cm³/mol. The second-order valence-corrected chi connectivity index (χ2v) is 6.36. The molecule has 0 radical (unpaired) electrons. The molecule has 24 heavy (non-hydrogen) atoms. The molecule has 1 aliphatic carbocycles. The van der Waals surface area contributed by atoms with Crippen molar-refractivity contribution in [3.8, 4) is 0 Å². The summed E-state index contributed by atoms with van der Waals surface area (Å²) in [5, 5.41) is 6.99. The summed E-state index contributed by atoms with van der Waals surface area (Å²) in [6.07, 6.45) is 6.96. The fourth-order valence-corrected chi connectivity index (χ4v) is 2.92. The van der Waals surface area contributed by atoms with Gasteiger partial charge in [-0.25, -0.2) is 5.43 Å². The second kappa shape index (κ2) is 9.21. The highest BCUT2D eigenvalue weighted by molar-refractivity contribution is 6.06. The summed E-state index contributed by atoms with van der Waals surface area (Å²) in [4.78, 5) is 23.7. The molecule has 2 amide bonds. The Kier molecular flexibility index (Phi) is 6.97. The molecule has 0 bridgehead atoms. The first-order valence-electron chi connectivity index (χ1n) is 8.82. The van der Waals surface area contributed by atoms with Crippen LogP contribution < -0.4 is 10.7 Å². The molecule has 1 aliphatic rings. The number of nitrogens with zero attached hydrogens (tertiary/aromatic N) is 1. The second-order valence-electron chi connectivity index (χ2n) is 6.36. The van der Waals surface area contributed by atoms with E-state index in [4.69, 9.17) is 0 Å². The number of rotatable bonds is 7. The minimum absolute atomic E-state index is 0.0990. The van der Waals surface area contributed by atoms with Crippen molar-refractivity contribution >= 4 is 23.2 Å². The lowest BCUT2D eigenvalue weighted by atomic mass is 9.90. The van der Waals surface area contributed by atoms with E-state index in [1.807, 2.05) is 19.1 Å². The van der Waals surface area contributed by atoms with E-state index in [-0.39, 0.29) is 18.2 Å².